The van der Waals surface area contributed by atoms with Crippen molar-refractivity contribution < 1.29 is 9.53 Å². The van der Waals surface area contributed by atoms with Crippen LogP contribution in [-0.4, -0.2) is 32.1 Å². The predicted octanol–water partition coefficient (Wildman–Crippen LogP) is 13.1. The quantitative estimate of drug-likeness (QED) is 0.0882. The molecule has 5 aromatic rings. The number of fused-ring (bicyclic) bond motifs is 1. The Morgan fingerprint density at radius 2 is 0.963 bits per heavy atom. The first kappa shape index (κ1) is 37.3. The molecule has 5 aromatic carbocycles. The molecule has 0 aromatic heterocycles. The number of carbonyl (C=O) groups is 1. The molecule has 0 N–H and O–H groups in total. The molecule has 0 amide bonds. The van der Waals surface area contributed by atoms with Gasteiger partial charge in [-0.25, -0.2) is 4.79 Å². The van der Waals surface area contributed by atoms with Gasteiger partial charge in [-0.2, -0.15) is 0 Å². The van der Waals surface area contributed by atoms with E-state index in [1.807, 2.05) is 0 Å². The molecule has 54 heavy (non-hydrogen) atoms. The van der Waals surface area contributed by atoms with Crippen molar-refractivity contribution in [3.05, 3.63) is 172 Å². The highest BCUT2D eigenvalue weighted by Crippen LogP contribution is 2.53. The van der Waals surface area contributed by atoms with E-state index in [-0.39, 0.29) is 0 Å². The van der Waals surface area contributed by atoms with Crippen molar-refractivity contribution in [2.75, 3.05) is 36.0 Å². The SMILES string of the molecule is Cc1ccc(/C(=C\C2(/C=C(\c3ccc(C)cc3)c3ccc(N4CCCC4)cc3)OC(=O)c3c(Br)c(Br)c(Cl)c(Br)c32)c2ccc(N3CCCC3)cc2)cc1. The van der Waals surface area contributed by atoms with Crippen molar-refractivity contribution in [2.45, 2.75) is 45.1 Å². The highest BCUT2D eigenvalue weighted by atomic mass is 79.9. The summed E-state index contributed by atoms with van der Waals surface area (Å²) in [5.41, 5.74) is 10.4. The lowest BCUT2D eigenvalue weighted by Gasteiger charge is -2.28. The summed E-state index contributed by atoms with van der Waals surface area (Å²) < 4.78 is 8.48. The number of anilines is 2. The predicted molar refractivity (Wildman–Crippen MR) is 234 cm³/mol. The summed E-state index contributed by atoms with van der Waals surface area (Å²) in [6, 6.07) is 34.6. The van der Waals surface area contributed by atoms with Gasteiger partial charge in [-0.05, 0) is 157 Å². The maximum atomic E-state index is 14.3. The molecule has 8 heteroatoms. The van der Waals surface area contributed by atoms with E-state index in [4.69, 9.17) is 16.3 Å². The standard InChI is InChI=1S/C46H40Br3ClN2O2/c1-29-7-11-31(12-8-29)37(33-15-19-35(20-16-33)51-23-3-4-24-51)27-46(40-39(45(53)54-46)41(47)43(49)44(50)42(40)48)28-38(32-13-9-30(2)10-14-32)34-17-21-36(22-18-34)52-25-5-6-26-52/h7-22,27-28H,3-6,23-26H2,1-2H3/b37-27+,38-28+. The van der Waals surface area contributed by atoms with Crippen LogP contribution in [0.2, 0.25) is 5.02 Å². The molecule has 3 aliphatic rings. The van der Waals surface area contributed by atoms with Gasteiger partial charge < -0.3 is 14.5 Å². The van der Waals surface area contributed by atoms with Gasteiger partial charge in [-0.15, -0.1) is 0 Å². The van der Waals surface area contributed by atoms with E-state index in [2.05, 4.69) is 181 Å². The van der Waals surface area contributed by atoms with Crippen LogP contribution < -0.4 is 9.80 Å². The average Bonchev–Trinajstić information content (AvgIpc) is 3.98. The van der Waals surface area contributed by atoms with Crippen molar-refractivity contribution in [2.24, 2.45) is 0 Å². The highest BCUT2D eigenvalue weighted by molar-refractivity contribution is 9.13. The van der Waals surface area contributed by atoms with Crippen LogP contribution in [0.15, 0.2) is 123 Å². The maximum Gasteiger partial charge on any atom is 0.341 e. The number of ether oxygens (including phenoxy) is 1. The normalized spacial score (nSPS) is 17.0. The smallest absolute Gasteiger partial charge is 0.341 e. The van der Waals surface area contributed by atoms with Crippen molar-refractivity contribution in [1.29, 1.82) is 0 Å². The number of hydrogen-bond acceptors (Lipinski definition) is 4. The van der Waals surface area contributed by atoms with Gasteiger partial charge in [0.2, 0.25) is 0 Å². The van der Waals surface area contributed by atoms with E-state index in [1.165, 1.54) is 37.1 Å². The fourth-order valence-corrected chi connectivity index (χ4v) is 10.1. The topological polar surface area (TPSA) is 32.8 Å². The molecule has 0 aliphatic carbocycles. The number of aryl methyl sites for hydroxylation is 2. The fraction of sp³-hybridized carbons (Fsp3) is 0.239. The van der Waals surface area contributed by atoms with Crippen LogP contribution in [0.25, 0.3) is 11.1 Å². The van der Waals surface area contributed by atoms with Crippen LogP contribution in [-0.2, 0) is 10.3 Å². The second-order valence-electron chi connectivity index (χ2n) is 14.5. The summed E-state index contributed by atoms with van der Waals surface area (Å²) in [4.78, 5) is 19.2. The number of benzene rings is 5. The number of nitrogens with zero attached hydrogens (tertiary/aromatic N) is 2. The Balaban J connectivity index is 1.40. The second-order valence-corrected chi connectivity index (χ2v) is 17.3. The molecule has 0 spiro atoms. The number of cyclic esters (lactones) is 1. The van der Waals surface area contributed by atoms with Gasteiger partial charge in [-0.3, -0.25) is 0 Å². The van der Waals surface area contributed by atoms with E-state index in [1.54, 1.807) is 0 Å². The minimum Gasteiger partial charge on any atom is -0.442 e. The van der Waals surface area contributed by atoms with E-state index in [0.717, 1.165) is 70.7 Å². The first-order valence-electron chi connectivity index (χ1n) is 18.5. The van der Waals surface area contributed by atoms with Crippen LogP contribution in [0.5, 0.6) is 0 Å². The minimum atomic E-state index is -1.38. The summed E-state index contributed by atoms with van der Waals surface area (Å²) >= 11 is 18.2. The zero-order valence-electron chi connectivity index (χ0n) is 30.3. The number of hydrogen-bond donors (Lipinski definition) is 0. The zero-order valence-corrected chi connectivity index (χ0v) is 35.8. The first-order valence-corrected chi connectivity index (χ1v) is 21.3. The van der Waals surface area contributed by atoms with Crippen LogP contribution in [0, 0.1) is 13.8 Å². The van der Waals surface area contributed by atoms with Crippen molar-refractivity contribution >= 4 is 87.9 Å². The van der Waals surface area contributed by atoms with Gasteiger partial charge in [0.05, 0.1) is 15.1 Å². The zero-order chi connectivity index (χ0) is 37.6. The molecule has 2 saturated heterocycles. The maximum absolute atomic E-state index is 14.3. The van der Waals surface area contributed by atoms with Crippen molar-refractivity contribution in [3.8, 4) is 0 Å². The molecule has 2 fully saturated rings. The largest absolute Gasteiger partial charge is 0.442 e. The van der Waals surface area contributed by atoms with E-state index >= 15 is 0 Å². The van der Waals surface area contributed by atoms with Crippen LogP contribution in [0.1, 0.15) is 75.0 Å². The molecule has 4 nitrogen and oxygen atoms in total. The first-order chi connectivity index (χ1) is 26.1. The minimum absolute atomic E-state index is 0.422. The Kier molecular flexibility index (Phi) is 10.7. The lowest BCUT2D eigenvalue weighted by molar-refractivity contribution is 0.0298. The van der Waals surface area contributed by atoms with Gasteiger partial charge in [-0.1, -0.05) is 95.5 Å². The van der Waals surface area contributed by atoms with Crippen LogP contribution in [0.3, 0.4) is 0 Å². The van der Waals surface area contributed by atoms with Crippen molar-refractivity contribution in [3.63, 3.8) is 0 Å². The molecular weight excluding hydrogens is 888 g/mol. The lowest BCUT2D eigenvalue weighted by atomic mass is 9.83. The second kappa shape index (κ2) is 15.5. The molecule has 0 atom stereocenters. The van der Waals surface area contributed by atoms with Gasteiger partial charge in [0.25, 0.3) is 0 Å². The van der Waals surface area contributed by atoms with E-state index in [0.29, 0.717) is 29.6 Å². The molecule has 3 aliphatic heterocycles. The number of esters is 1. The third-order valence-electron chi connectivity index (χ3n) is 10.9. The average molecular weight is 928 g/mol. The molecule has 8 rings (SSSR count). The Bertz CT molecular complexity index is 2150. The number of carbonyl (C=O) groups excluding carboxylic acids is 1. The molecule has 0 unspecified atom stereocenters. The number of rotatable bonds is 8. The number of halogens is 4. The molecule has 0 saturated carbocycles. The van der Waals surface area contributed by atoms with E-state index in [9.17, 15) is 4.79 Å². The lowest BCUT2D eigenvalue weighted by Crippen LogP contribution is -2.23. The summed E-state index contributed by atoms with van der Waals surface area (Å²) in [6.45, 7) is 8.46. The summed E-state index contributed by atoms with van der Waals surface area (Å²) in [6.07, 6.45) is 9.07. The van der Waals surface area contributed by atoms with Gasteiger partial charge in [0.15, 0.2) is 5.60 Å². The third-order valence-corrected chi connectivity index (χ3v) is 14.6. The van der Waals surface area contributed by atoms with Crippen LogP contribution in [0.4, 0.5) is 11.4 Å². The summed E-state index contributed by atoms with van der Waals surface area (Å²) in [5, 5.41) is 0.448. The van der Waals surface area contributed by atoms with Crippen molar-refractivity contribution in [1.82, 2.24) is 0 Å². The van der Waals surface area contributed by atoms with E-state index < -0.39 is 11.6 Å². The monoisotopic (exact) mass is 924 g/mol. The Hall–Kier alpha value is -3.62. The van der Waals surface area contributed by atoms with Gasteiger partial charge >= 0.3 is 5.97 Å². The summed E-state index contributed by atoms with van der Waals surface area (Å²) in [7, 11) is 0. The third kappa shape index (κ3) is 7.13. The Morgan fingerprint density at radius 1 is 0.593 bits per heavy atom. The Morgan fingerprint density at radius 3 is 1.35 bits per heavy atom. The summed E-state index contributed by atoms with van der Waals surface area (Å²) in [5.74, 6) is -0.442. The van der Waals surface area contributed by atoms with Crippen LogP contribution >= 0.6 is 59.4 Å². The fourth-order valence-electron chi connectivity index (χ4n) is 7.91. The van der Waals surface area contributed by atoms with Gasteiger partial charge in [0.1, 0.15) is 0 Å². The molecule has 274 valence electrons. The Labute approximate surface area is 348 Å². The molecule has 3 heterocycles. The molecule has 0 bridgehead atoms. The van der Waals surface area contributed by atoms with Gasteiger partial charge in [0, 0.05) is 52.1 Å². The highest BCUT2D eigenvalue weighted by Gasteiger charge is 2.48. The molecule has 0 radical (unpaired) electrons. The molecular formula is C46H40Br3ClN2O2.